The van der Waals surface area contributed by atoms with E-state index in [4.69, 9.17) is 4.74 Å². The molecule has 2 unspecified atom stereocenters. The number of rotatable bonds is 4. The molecule has 3 aliphatic heterocycles. The van der Waals surface area contributed by atoms with Crippen LogP contribution in [0, 0.1) is 5.92 Å². The fraction of sp³-hybridized carbons (Fsp3) is 0.471. The average molecular weight is 344 g/mol. The first-order chi connectivity index (χ1) is 11.7. The van der Waals surface area contributed by atoms with E-state index in [2.05, 4.69) is 27.3 Å². The number of hydrogen-bond donors (Lipinski definition) is 1. The number of ether oxygens (including phenoxy) is 1. The van der Waals surface area contributed by atoms with Crippen LogP contribution in [0.15, 0.2) is 30.3 Å². The Morgan fingerprint density at radius 3 is 2.71 bits per heavy atom. The molecule has 1 aromatic carbocycles. The number of piperidine rings is 3. The summed E-state index contributed by atoms with van der Waals surface area (Å²) in [5, 5.41) is 11.8. The van der Waals surface area contributed by atoms with Gasteiger partial charge in [0.25, 0.3) is 11.1 Å². The van der Waals surface area contributed by atoms with Crippen molar-refractivity contribution < 1.29 is 9.53 Å². The van der Waals surface area contributed by atoms with Crippen LogP contribution < -0.4 is 10.1 Å². The molecule has 2 aromatic rings. The van der Waals surface area contributed by atoms with Gasteiger partial charge in [0.2, 0.25) is 5.01 Å². The second-order valence-electron chi connectivity index (χ2n) is 6.40. The van der Waals surface area contributed by atoms with E-state index in [-0.39, 0.29) is 11.9 Å². The maximum absolute atomic E-state index is 12.5. The second-order valence-corrected chi connectivity index (χ2v) is 7.34. The Hall–Kier alpha value is -1.99. The average Bonchev–Trinajstić information content (AvgIpc) is 3.08. The van der Waals surface area contributed by atoms with Gasteiger partial charge in [0.1, 0.15) is 5.75 Å². The van der Waals surface area contributed by atoms with E-state index in [0.717, 1.165) is 25.9 Å². The number of nitrogens with one attached hydrogen (secondary N) is 1. The van der Waals surface area contributed by atoms with Crippen LogP contribution in [0.5, 0.6) is 10.9 Å². The summed E-state index contributed by atoms with van der Waals surface area (Å²) >= 11 is 1.18. The maximum atomic E-state index is 12.5. The van der Waals surface area contributed by atoms with E-state index in [9.17, 15) is 4.79 Å². The van der Waals surface area contributed by atoms with E-state index in [1.165, 1.54) is 11.3 Å². The third-order valence-corrected chi connectivity index (χ3v) is 5.82. The highest BCUT2D eigenvalue weighted by atomic mass is 32.1. The van der Waals surface area contributed by atoms with Gasteiger partial charge < -0.3 is 10.1 Å². The monoisotopic (exact) mass is 344 g/mol. The molecule has 3 aliphatic rings. The van der Waals surface area contributed by atoms with Crippen molar-refractivity contribution in [3.8, 4) is 10.9 Å². The molecule has 1 aromatic heterocycles. The Bertz CT molecular complexity index is 710. The number of aromatic nitrogens is 2. The van der Waals surface area contributed by atoms with Crippen LogP contribution in [-0.2, 0) is 0 Å². The van der Waals surface area contributed by atoms with Gasteiger partial charge in [-0.1, -0.05) is 23.3 Å². The van der Waals surface area contributed by atoms with Gasteiger partial charge in [-0.3, -0.25) is 9.69 Å². The van der Waals surface area contributed by atoms with Crippen molar-refractivity contribution in [1.82, 2.24) is 20.4 Å². The van der Waals surface area contributed by atoms with Crippen LogP contribution >= 0.6 is 11.3 Å². The van der Waals surface area contributed by atoms with E-state index in [1.807, 2.05) is 30.3 Å². The number of amides is 1. The van der Waals surface area contributed by atoms with Crippen molar-refractivity contribution in [2.75, 3.05) is 13.1 Å². The van der Waals surface area contributed by atoms with Crippen LogP contribution in [0.4, 0.5) is 0 Å². The number of para-hydroxylation sites is 1. The molecule has 0 aliphatic carbocycles. The summed E-state index contributed by atoms with van der Waals surface area (Å²) in [6.07, 6.45) is 2.32. The van der Waals surface area contributed by atoms with Gasteiger partial charge >= 0.3 is 0 Å². The molecule has 7 heteroatoms. The van der Waals surface area contributed by atoms with E-state index in [1.54, 1.807) is 0 Å². The van der Waals surface area contributed by atoms with Crippen LogP contribution in [0.1, 0.15) is 29.6 Å². The molecule has 0 spiro atoms. The number of carbonyl (C=O) groups is 1. The first kappa shape index (κ1) is 15.5. The molecule has 1 N–H and O–H groups in total. The summed E-state index contributed by atoms with van der Waals surface area (Å²) in [4.78, 5) is 15.0. The van der Waals surface area contributed by atoms with E-state index < -0.39 is 0 Å². The zero-order chi connectivity index (χ0) is 16.5. The molecular formula is C17H20N4O2S. The lowest BCUT2D eigenvalue weighted by atomic mass is 9.79. The van der Waals surface area contributed by atoms with Gasteiger partial charge in [-0.2, -0.15) is 0 Å². The molecule has 126 valence electrons. The summed E-state index contributed by atoms with van der Waals surface area (Å²) < 4.78 is 5.63. The maximum Gasteiger partial charge on any atom is 0.300 e. The number of hydrogen-bond acceptors (Lipinski definition) is 6. The number of fused-ring (bicyclic) bond motifs is 3. The molecular weight excluding hydrogens is 324 g/mol. The van der Waals surface area contributed by atoms with Gasteiger partial charge in [-0.15, -0.1) is 5.10 Å². The second kappa shape index (κ2) is 6.49. The largest absolute Gasteiger partial charge is 0.430 e. The predicted molar refractivity (Wildman–Crippen MR) is 91.4 cm³/mol. The summed E-state index contributed by atoms with van der Waals surface area (Å²) in [5.41, 5.74) is 0. The summed E-state index contributed by atoms with van der Waals surface area (Å²) in [6, 6.07) is 9.96. The Labute approximate surface area is 144 Å². The van der Waals surface area contributed by atoms with Gasteiger partial charge in [-0.05, 0) is 62.2 Å². The highest BCUT2D eigenvalue weighted by Crippen LogP contribution is 2.32. The molecule has 0 radical (unpaired) electrons. The molecule has 0 saturated carbocycles. The number of carbonyl (C=O) groups excluding carboxylic acids is 1. The van der Waals surface area contributed by atoms with Crippen molar-refractivity contribution in [2.45, 2.75) is 31.8 Å². The van der Waals surface area contributed by atoms with Crippen LogP contribution in [0.3, 0.4) is 0 Å². The van der Waals surface area contributed by atoms with Gasteiger partial charge in [0, 0.05) is 12.1 Å². The summed E-state index contributed by atoms with van der Waals surface area (Å²) in [5.74, 6) is 1.11. The third-order valence-electron chi connectivity index (χ3n) is 5.02. The van der Waals surface area contributed by atoms with Crippen molar-refractivity contribution >= 4 is 17.2 Å². The Morgan fingerprint density at radius 1 is 1.25 bits per heavy atom. The summed E-state index contributed by atoms with van der Waals surface area (Å²) in [7, 11) is 0. The first-order valence-corrected chi connectivity index (χ1v) is 9.13. The van der Waals surface area contributed by atoms with E-state index >= 15 is 0 Å². The highest BCUT2D eigenvalue weighted by molar-refractivity contribution is 7.15. The quantitative estimate of drug-likeness (QED) is 0.923. The van der Waals surface area contributed by atoms with Gasteiger partial charge in [0.15, 0.2) is 0 Å². The fourth-order valence-corrected chi connectivity index (χ4v) is 4.31. The lowest BCUT2D eigenvalue weighted by molar-refractivity contribution is 0.0217. The lowest BCUT2D eigenvalue weighted by Gasteiger charge is -2.49. The predicted octanol–water partition coefficient (Wildman–Crippen LogP) is 2.54. The molecule has 5 rings (SSSR count). The number of nitrogens with zero attached hydrogens (tertiary/aromatic N) is 3. The SMILES string of the molecule is CC1C(NC(=O)c2nnc(Oc3ccccc3)s2)C2CCN1CC2. The Kier molecular flexibility index (Phi) is 4.20. The minimum Gasteiger partial charge on any atom is -0.430 e. The molecule has 2 atom stereocenters. The first-order valence-electron chi connectivity index (χ1n) is 8.32. The molecule has 24 heavy (non-hydrogen) atoms. The standard InChI is InChI=1S/C17H20N4O2S/c1-11-14(12-7-9-21(11)10-8-12)18-15(22)16-19-20-17(24-16)23-13-5-3-2-4-6-13/h2-6,11-12,14H,7-10H2,1H3,(H,18,22). The van der Waals surface area contributed by atoms with Crippen molar-refractivity contribution in [2.24, 2.45) is 5.92 Å². The number of benzene rings is 1. The van der Waals surface area contributed by atoms with Crippen LogP contribution in [0.2, 0.25) is 0 Å². The Balaban J connectivity index is 1.42. The molecule has 3 fully saturated rings. The zero-order valence-corrected chi connectivity index (χ0v) is 14.3. The van der Waals surface area contributed by atoms with Gasteiger partial charge in [0.05, 0.1) is 0 Å². The fourth-order valence-electron chi connectivity index (χ4n) is 3.69. The smallest absolute Gasteiger partial charge is 0.300 e. The Morgan fingerprint density at radius 2 is 2.00 bits per heavy atom. The topological polar surface area (TPSA) is 67.3 Å². The van der Waals surface area contributed by atoms with Crippen LogP contribution in [-0.4, -0.2) is 46.2 Å². The molecule has 4 heterocycles. The lowest BCUT2D eigenvalue weighted by Crippen LogP contribution is -2.62. The minimum atomic E-state index is -0.152. The molecule has 2 bridgehead atoms. The molecule has 1 amide bonds. The van der Waals surface area contributed by atoms with Gasteiger partial charge in [-0.25, -0.2) is 0 Å². The van der Waals surface area contributed by atoms with Crippen LogP contribution in [0.25, 0.3) is 0 Å². The van der Waals surface area contributed by atoms with Crippen molar-refractivity contribution in [1.29, 1.82) is 0 Å². The summed E-state index contributed by atoms with van der Waals surface area (Å²) in [6.45, 7) is 4.48. The zero-order valence-electron chi connectivity index (χ0n) is 13.5. The van der Waals surface area contributed by atoms with E-state index in [0.29, 0.717) is 27.9 Å². The highest BCUT2D eigenvalue weighted by Gasteiger charge is 2.40. The minimum absolute atomic E-state index is 0.152. The third kappa shape index (κ3) is 3.01. The van der Waals surface area contributed by atoms with Crippen molar-refractivity contribution in [3.63, 3.8) is 0 Å². The molecule has 6 nitrogen and oxygen atoms in total. The normalized spacial score (nSPS) is 28.5. The van der Waals surface area contributed by atoms with Crippen molar-refractivity contribution in [3.05, 3.63) is 35.3 Å². The molecule has 3 saturated heterocycles.